The molecule has 0 atom stereocenters. The Morgan fingerprint density at radius 2 is 1.75 bits per heavy atom. The number of ether oxygens (including phenoxy) is 2. The van der Waals surface area contributed by atoms with Gasteiger partial charge in [0, 0.05) is 13.7 Å². The van der Waals surface area contributed by atoms with E-state index in [0.29, 0.717) is 6.61 Å². The summed E-state index contributed by atoms with van der Waals surface area (Å²) in [5.74, 6) is 0. The van der Waals surface area contributed by atoms with Crippen molar-refractivity contribution in [3.05, 3.63) is 0 Å². The predicted octanol–water partition coefficient (Wildman–Crippen LogP) is 2.35. The minimum Gasteiger partial charge on any atom is -0.382 e. The molecule has 1 aliphatic carbocycles. The van der Waals surface area contributed by atoms with Crippen LogP contribution < -0.4 is 5.32 Å². The maximum atomic E-state index is 6.11. The maximum absolute atomic E-state index is 6.11. The fraction of sp³-hybridized carbons (Fsp3) is 1.00. The summed E-state index contributed by atoms with van der Waals surface area (Å²) in [7, 11) is 1.73. The first-order valence-corrected chi connectivity index (χ1v) is 6.66. The van der Waals surface area contributed by atoms with Gasteiger partial charge in [0.15, 0.2) is 0 Å². The van der Waals surface area contributed by atoms with Crippen molar-refractivity contribution < 1.29 is 9.47 Å². The van der Waals surface area contributed by atoms with Gasteiger partial charge in [-0.05, 0) is 19.4 Å². The second-order valence-electron chi connectivity index (χ2n) is 4.72. The van der Waals surface area contributed by atoms with Gasteiger partial charge in [0.2, 0.25) is 0 Å². The lowest BCUT2D eigenvalue weighted by molar-refractivity contribution is -0.0704. The van der Waals surface area contributed by atoms with Crippen molar-refractivity contribution in [3.63, 3.8) is 0 Å². The molecule has 96 valence electrons. The van der Waals surface area contributed by atoms with E-state index in [2.05, 4.69) is 12.2 Å². The fourth-order valence-electron chi connectivity index (χ4n) is 2.44. The van der Waals surface area contributed by atoms with Crippen LogP contribution in [0.5, 0.6) is 0 Å². The van der Waals surface area contributed by atoms with E-state index >= 15 is 0 Å². The average molecular weight is 229 g/mol. The first kappa shape index (κ1) is 13.9. The Hall–Kier alpha value is -0.120. The summed E-state index contributed by atoms with van der Waals surface area (Å²) < 4.78 is 11.2. The zero-order valence-electron chi connectivity index (χ0n) is 10.9. The standard InChI is InChI=1S/C13H27NO2/c1-3-14-12-13(16-11-10-15-2)8-6-4-5-7-9-13/h14H,3-12H2,1-2H3. The van der Waals surface area contributed by atoms with Crippen LogP contribution >= 0.6 is 0 Å². The Morgan fingerprint density at radius 3 is 2.31 bits per heavy atom. The van der Waals surface area contributed by atoms with E-state index < -0.39 is 0 Å². The monoisotopic (exact) mass is 229 g/mol. The fourth-order valence-corrected chi connectivity index (χ4v) is 2.44. The molecule has 0 aliphatic heterocycles. The maximum Gasteiger partial charge on any atom is 0.0807 e. The third-order valence-corrected chi connectivity index (χ3v) is 3.41. The van der Waals surface area contributed by atoms with E-state index in [4.69, 9.17) is 9.47 Å². The lowest BCUT2D eigenvalue weighted by Crippen LogP contribution is -2.43. The zero-order chi connectivity index (χ0) is 11.7. The van der Waals surface area contributed by atoms with Gasteiger partial charge in [-0.2, -0.15) is 0 Å². The third-order valence-electron chi connectivity index (χ3n) is 3.41. The Labute approximate surface area is 99.9 Å². The summed E-state index contributed by atoms with van der Waals surface area (Å²) >= 11 is 0. The molecule has 1 saturated carbocycles. The van der Waals surface area contributed by atoms with Crippen molar-refractivity contribution >= 4 is 0 Å². The topological polar surface area (TPSA) is 30.5 Å². The zero-order valence-corrected chi connectivity index (χ0v) is 10.9. The lowest BCUT2D eigenvalue weighted by atomic mass is 9.94. The molecular formula is C13H27NO2. The van der Waals surface area contributed by atoms with E-state index in [9.17, 15) is 0 Å². The number of likely N-dealkylation sites (N-methyl/N-ethyl adjacent to an activating group) is 1. The molecule has 1 rings (SSSR count). The number of hydrogen-bond donors (Lipinski definition) is 1. The summed E-state index contributed by atoms with van der Waals surface area (Å²) in [5.41, 5.74) is 0.0744. The van der Waals surface area contributed by atoms with Crippen LogP contribution in [0.1, 0.15) is 45.4 Å². The summed E-state index contributed by atoms with van der Waals surface area (Å²) in [6.45, 7) is 5.60. The Kier molecular flexibility index (Phi) is 7.01. The van der Waals surface area contributed by atoms with Crippen LogP contribution in [0.4, 0.5) is 0 Å². The molecule has 0 spiro atoms. The van der Waals surface area contributed by atoms with Gasteiger partial charge < -0.3 is 14.8 Å². The van der Waals surface area contributed by atoms with Crippen LogP contribution in [0.15, 0.2) is 0 Å². The first-order valence-electron chi connectivity index (χ1n) is 6.66. The largest absolute Gasteiger partial charge is 0.382 e. The molecule has 1 aliphatic rings. The van der Waals surface area contributed by atoms with Crippen molar-refractivity contribution in [2.45, 2.75) is 51.0 Å². The lowest BCUT2D eigenvalue weighted by Gasteiger charge is -2.33. The Bertz CT molecular complexity index is 165. The second kappa shape index (κ2) is 8.04. The number of methoxy groups -OCH3 is 1. The van der Waals surface area contributed by atoms with Crippen LogP contribution in [-0.4, -0.2) is 39.0 Å². The van der Waals surface area contributed by atoms with Crippen molar-refractivity contribution in [3.8, 4) is 0 Å². The van der Waals surface area contributed by atoms with Gasteiger partial charge >= 0.3 is 0 Å². The van der Waals surface area contributed by atoms with E-state index in [1.54, 1.807) is 7.11 Å². The quantitative estimate of drug-likeness (QED) is 0.537. The molecule has 0 amide bonds. The van der Waals surface area contributed by atoms with Crippen molar-refractivity contribution in [1.29, 1.82) is 0 Å². The SMILES string of the molecule is CCNCC1(OCCOC)CCCCCC1. The van der Waals surface area contributed by atoms with Gasteiger partial charge in [0.1, 0.15) is 0 Å². The minimum atomic E-state index is 0.0744. The van der Waals surface area contributed by atoms with Crippen LogP contribution in [-0.2, 0) is 9.47 Å². The Morgan fingerprint density at radius 1 is 1.06 bits per heavy atom. The molecule has 3 nitrogen and oxygen atoms in total. The predicted molar refractivity (Wildman–Crippen MR) is 66.8 cm³/mol. The van der Waals surface area contributed by atoms with Gasteiger partial charge in [-0.3, -0.25) is 0 Å². The van der Waals surface area contributed by atoms with Gasteiger partial charge in [-0.25, -0.2) is 0 Å². The molecule has 0 unspecified atom stereocenters. The van der Waals surface area contributed by atoms with Crippen LogP contribution in [0.25, 0.3) is 0 Å². The van der Waals surface area contributed by atoms with E-state index in [-0.39, 0.29) is 5.60 Å². The van der Waals surface area contributed by atoms with Gasteiger partial charge in [0.25, 0.3) is 0 Å². The molecule has 1 fully saturated rings. The first-order chi connectivity index (χ1) is 7.83. The summed E-state index contributed by atoms with van der Waals surface area (Å²) in [6, 6.07) is 0. The third kappa shape index (κ3) is 4.81. The molecule has 0 radical (unpaired) electrons. The summed E-state index contributed by atoms with van der Waals surface area (Å²) in [4.78, 5) is 0. The Balaban J connectivity index is 2.43. The van der Waals surface area contributed by atoms with Crippen molar-refractivity contribution in [2.75, 3.05) is 33.4 Å². The number of hydrogen-bond acceptors (Lipinski definition) is 3. The van der Waals surface area contributed by atoms with Crippen LogP contribution in [0.3, 0.4) is 0 Å². The molecule has 0 saturated heterocycles. The normalized spacial score (nSPS) is 20.6. The molecule has 0 aromatic carbocycles. The average Bonchev–Trinajstić information content (AvgIpc) is 2.53. The highest BCUT2D eigenvalue weighted by Crippen LogP contribution is 2.30. The summed E-state index contributed by atoms with van der Waals surface area (Å²) in [5, 5.41) is 3.45. The molecule has 1 N–H and O–H groups in total. The molecule has 0 heterocycles. The van der Waals surface area contributed by atoms with Gasteiger partial charge in [0.05, 0.1) is 18.8 Å². The second-order valence-corrected chi connectivity index (χ2v) is 4.72. The van der Waals surface area contributed by atoms with E-state index in [1.165, 1.54) is 38.5 Å². The molecule has 0 bridgehead atoms. The molecule has 0 aromatic rings. The van der Waals surface area contributed by atoms with Gasteiger partial charge in [-0.15, -0.1) is 0 Å². The van der Waals surface area contributed by atoms with Crippen molar-refractivity contribution in [1.82, 2.24) is 5.32 Å². The minimum absolute atomic E-state index is 0.0744. The molecule has 0 aromatic heterocycles. The van der Waals surface area contributed by atoms with E-state index in [0.717, 1.165) is 19.7 Å². The van der Waals surface area contributed by atoms with Crippen molar-refractivity contribution in [2.24, 2.45) is 0 Å². The number of nitrogens with one attached hydrogen (secondary N) is 1. The van der Waals surface area contributed by atoms with Crippen LogP contribution in [0.2, 0.25) is 0 Å². The highest BCUT2D eigenvalue weighted by atomic mass is 16.5. The van der Waals surface area contributed by atoms with Gasteiger partial charge in [-0.1, -0.05) is 32.6 Å². The smallest absolute Gasteiger partial charge is 0.0807 e. The van der Waals surface area contributed by atoms with E-state index in [1.807, 2.05) is 0 Å². The highest BCUT2D eigenvalue weighted by molar-refractivity contribution is 4.85. The van der Waals surface area contributed by atoms with Crippen LogP contribution in [0, 0.1) is 0 Å². The molecule has 16 heavy (non-hydrogen) atoms. The summed E-state index contributed by atoms with van der Waals surface area (Å²) in [6.07, 6.45) is 7.73. The molecule has 3 heteroatoms. The molecular weight excluding hydrogens is 202 g/mol. The number of rotatable bonds is 7. The highest BCUT2D eigenvalue weighted by Gasteiger charge is 2.31.